The molecule has 1 fully saturated rings. The van der Waals surface area contributed by atoms with Crippen molar-refractivity contribution < 1.29 is 17.9 Å². The molecule has 162 valence electrons. The normalized spacial score (nSPS) is 14.0. The summed E-state index contributed by atoms with van der Waals surface area (Å²) in [5, 5.41) is 0. The molecular formula is C19H32F3N3OS2. The maximum Gasteiger partial charge on any atom is 0.419 e. The topological polar surface area (TPSA) is 50.5 Å². The van der Waals surface area contributed by atoms with Crippen LogP contribution in [0, 0.1) is 5.92 Å². The Balaban J connectivity index is 0.00000122. The number of hydrogen-bond acceptors (Lipinski definition) is 6. The van der Waals surface area contributed by atoms with Crippen molar-refractivity contribution in [3.63, 3.8) is 0 Å². The minimum Gasteiger partial charge on any atom is -0.493 e. The lowest BCUT2D eigenvalue weighted by atomic mass is 10.1. The largest absolute Gasteiger partial charge is 0.493 e. The van der Waals surface area contributed by atoms with Crippen molar-refractivity contribution in [1.82, 2.24) is 9.84 Å². The molecule has 3 N–H and O–H groups in total. The van der Waals surface area contributed by atoms with E-state index in [1.165, 1.54) is 12.1 Å². The van der Waals surface area contributed by atoms with Crippen LogP contribution in [-0.4, -0.2) is 36.6 Å². The monoisotopic (exact) mass is 439 g/mol. The molecule has 0 bridgehead atoms. The highest BCUT2D eigenvalue weighted by molar-refractivity contribution is 7.97. The first-order valence-electron chi connectivity index (χ1n) is 9.44. The Morgan fingerprint density at radius 1 is 1.25 bits per heavy atom. The molecule has 0 aliphatic heterocycles. The molecule has 1 saturated carbocycles. The van der Waals surface area contributed by atoms with Gasteiger partial charge in [-0.3, -0.25) is 0 Å². The van der Waals surface area contributed by atoms with Crippen LogP contribution in [0.5, 0.6) is 5.75 Å². The first kappa shape index (κ1) is 25.4. The molecule has 1 aliphatic rings. The molecule has 1 aliphatic carbocycles. The van der Waals surface area contributed by atoms with Gasteiger partial charge in [-0.2, -0.15) is 29.3 Å². The third-order valence-electron chi connectivity index (χ3n) is 4.06. The molecule has 4 nitrogen and oxygen atoms in total. The fourth-order valence-corrected chi connectivity index (χ4v) is 2.58. The van der Waals surface area contributed by atoms with Crippen molar-refractivity contribution in [1.29, 1.82) is 0 Å². The van der Waals surface area contributed by atoms with Crippen molar-refractivity contribution in [2.75, 3.05) is 32.2 Å². The zero-order valence-corrected chi connectivity index (χ0v) is 18.3. The molecule has 0 atom stereocenters. The van der Waals surface area contributed by atoms with Gasteiger partial charge in [-0.05, 0) is 68.4 Å². The SMILES string of the molecule is CSC.NCCCCCN(S)NCc1ccc(C(F)(F)F)c(OCC2CC2)c1. The van der Waals surface area contributed by atoms with Gasteiger partial charge in [0, 0.05) is 13.1 Å². The highest BCUT2D eigenvalue weighted by Gasteiger charge is 2.35. The third-order valence-corrected chi connectivity index (χ3v) is 4.40. The van der Waals surface area contributed by atoms with E-state index in [1.54, 1.807) is 16.2 Å². The summed E-state index contributed by atoms with van der Waals surface area (Å²) >= 11 is 6.06. The Hall–Kier alpha value is -0.610. The average Bonchev–Trinajstić information content (AvgIpc) is 3.46. The van der Waals surface area contributed by atoms with Gasteiger partial charge in [0.25, 0.3) is 0 Å². The molecule has 0 heterocycles. The number of unbranched alkanes of at least 4 members (excludes halogenated alkanes) is 2. The number of benzene rings is 1. The molecule has 28 heavy (non-hydrogen) atoms. The van der Waals surface area contributed by atoms with Gasteiger partial charge in [0.15, 0.2) is 0 Å². The maximum absolute atomic E-state index is 13.1. The zero-order valence-electron chi connectivity index (χ0n) is 16.6. The Kier molecular flexibility index (Phi) is 12.3. The summed E-state index contributed by atoms with van der Waals surface area (Å²) in [6.07, 6.45) is 4.68. The van der Waals surface area contributed by atoms with Crippen LogP contribution in [0.1, 0.15) is 43.2 Å². The number of rotatable bonds is 11. The van der Waals surface area contributed by atoms with Gasteiger partial charge >= 0.3 is 6.18 Å². The molecule has 0 amide bonds. The summed E-state index contributed by atoms with van der Waals surface area (Å²) in [5.41, 5.74) is 8.51. The minimum atomic E-state index is -4.41. The number of nitrogens with one attached hydrogen (secondary N) is 1. The van der Waals surface area contributed by atoms with Gasteiger partial charge in [-0.25, -0.2) is 5.43 Å². The van der Waals surface area contributed by atoms with Crippen molar-refractivity contribution in [3.8, 4) is 5.75 Å². The fourth-order valence-electron chi connectivity index (χ4n) is 2.37. The second-order valence-electron chi connectivity index (χ2n) is 6.80. The lowest BCUT2D eigenvalue weighted by Crippen LogP contribution is -2.30. The highest BCUT2D eigenvalue weighted by Crippen LogP contribution is 2.38. The van der Waals surface area contributed by atoms with Crippen LogP contribution in [0.4, 0.5) is 13.2 Å². The molecule has 0 aromatic heterocycles. The number of hydrazine groups is 1. The van der Waals surface area contributed by atoms with Gasteiger partial charge < -0.3 is 10.5 Å². The Labute approximate surface area is 176 Å². The van der Waals surface area contributed by atoms with Crippen LogP contribution >= 0.6 is 24.6 Å². The fraction of sp³-hybridized carbons (Fsp3) is 0.684. The summed E-state index contributed by atoms with van der Waals surface area (Å²) in [5.74, 6) is 0.302. The summed E-state index contributed by atoms with van der Waals surface area (Å²) in [6.45, 7) is 2.14. The maximum atomic E-state index is 13.1. The lowest BCUT2D eigenvalue weighted by Gasteiger charge is -2.18. The van der Waals surface area contributed by atoms with Crippen LogP contribution in [0.15, 0.2) is 18.2 Å². The van der Waals surface area contributed by atoms with Gasteiger partial charge in [0.2, 0.25) is 0 Å². The van der Waals surface area contributed by atoms with E-state index in [-0.39, 0.29) is 5.75 Å². The first-order valence-corrected chi connectivity index (χ1v) is 11.5. The quantitative estimate of drug-likeness (QED) is 0.264. The Bertz CT molecular complexity index is 558. The van der Waals surface area contributed by atoms with E-state index in [0.29, 0.717) is 25.6 Å². The van der Waals surface area contributed by atoms with Crippen LogP contribution < -0.4 is 15.9 Å². The number of ether oxygens (including phenoxy) is 1. The Morgan fingerprint density at radius 3 is 2.50 bits per heavy atom. The second-order valence-corrected chi connectivity index (χ2v) is 8.10. The van der Waals surface area contributed by atoms with E-state index in [9.17, 15) is 13.2 Å². The number of alkyl halides is 3. The number of nitrogens with zero attached hydrogens (tertiary/aromatic N) is 1. The minimum absolute atomic E-state index is 0.0904. The average molecular weight is 440 g/mol. The number of nitrogens with two attached hydrogens (primary N) is 1. The molecule has 2 rings (SSSR count). The third kappa shape index (κ3) is 10.8. The van der Waals surface area contributed by atoms with Gasteiger partial charge in [0.05, 0.1) is 12.2 Å². The molecule has 1 aromatic rings. The molecule has 0 spiro atoms. The molecule has 0 unspecified atom stereocenters. The lowest BCUT2D eigenvalue weighted by molar-refractivity contribution is -0.139. The summed E-state index contributed by atoms with van der Waals surface area (Å²) < 4.78 is 46.4. The van der Waals surface area contributed by atoms with Crippen molar-refractivity contribution in [2.45, 2.75) is 44.8 Å². The van der Waals surface area contributed by atoms with E-state index in [2.05, 4.69) is 18.2 Å². The van der Waals surface area contributed by atoms with Crippen molar-refractivity contribution >= 4 is 24.6 Å². The summed E-state index contributed by atoms with van der Waals surface area (Å²) in [4.78, 5) is 0. The number of halogens is 3. The predicted octanol–water partition coefficient (Wildman–Crippen LogP) is 4.75. The standard InChI is InChI=1S/C17H26F3N3OS.C2H6S/c18-17(19,20)15-7-6-14(10-16(15)24-12-13-4-5-13)11-22-23(25)9-3-1-2-8-21;1-3-2/h6-7,10,13,22,25H,1-5,8-9,11-12,21H2;1-2H3. The van der Waals surface area contributed by atoms with Crippen LogP contribution in [0.25, 0.3) is 0 Å². The van der Waals surface area contributed by atoms with Crippen molar-refractivity contribution in [2.24, 2.45) is 11.7 Å². The Morgan fingerprint density at radius 2 is 1.93 bits per heavy atom. The van der Waals surface area contributed by atoms with Crippen LogP contribution in [0.2, 0.25) is 0 Å². The summed E-state index contributed by atoms with van der Waals surface area (Å²) in [7, 11) is 0. The zero-order chi connectivity index (χ0) is 21.0. The molecule has 0 saturated heterocycles. The second kappa shape index (κ2) is 13.6. The van der Waals surface area contributed by atoms with Crippen LogP contribution in [-0.2, 0) is 12.7 Å². The molecule has 9 heteroatoms. The van der Waals surface area contributed by atoms with E-state index >= 15 is 0 Å². The molecule has 1 aromatic carbocycles. The molecule has 0 radical (unpaired) electrons. The number of thiol groups is 1. The summed E-state index contributed by atoms with van der Waals surface area (Å²) in [6, 6.07) is 4.02. The first-order chi connectivity index (χ1) is 13.3. The predicted molar refractivity (Wildman–Crippen MR) is 115 cm³/mol. The number of hydrogen-bond donors (Lipinski definition) is 3. The van der Waals surface area contributed by atoms with Gasteiger partial charge in [-0.15, -0.1) is 0 Å². The molecular weight excluding hydrogens is 407 g/mol. The van der Waals surface area contributed by atoms with E-state index in [1.807, 2.05) is 12.5 Å². The van der Waals surface area contributed by atoms with Crippen LogP contribution in [0.3, 0.4) is 0 Å². The van der Waals surface area contributed by atoms with Crippen molar-refractivity contribution in [3.05, 3.63) is 29.3 Å². The van der Waals surface area contributed by atoms with E-state index in [4.69, 9.17) is 10.5 Å². The smallest absolute Gasteiger partial charge is 0.419 e. The van der Waals surface area contributed by atoms with Gasteiger partial charge in [-0.1, -0.05) is 25.3 Å². The van der Waals surface area contributed by atoms with Gasteiger partial charge in [0.1, 0.15) is 5.75 Å². The van der Waals surface area contributed by atoms with E-state index in [0.717, 1.165) is 50.3 Å². The van der Waals surface area contributed by atoms with E-state index < -0.39 is 11.7 Å². The number of thioether (sulfide) groups is 1. The highest BCUT2D eigenvalue weighted by atomic mass is 32.2.